The molecule has 6 heteroatoms. The summed E-state index contributed by atoms with van der Waals surface area (Å²) in [5.74, 6) is -1.92. The molecule has 2 N–H and O–H groups in total. The van der Waals surface area contributed by atoms with E-state index >= 15 is 0 Å². The van der Waals surface area contributed by atoms with Gasteiger partial charge < -0.3 is 10.6 Å². The summed E-state index contributed by atoms with van der Waals surface area (Å²) >= 11 is 1.60. The summed E-state index contributed by atoms with van der Waals surface area (Å²) in [6.45, 7) is 1.80. The van der Waals surface area contributed by atoms with Crippen molar-refractivity contribution in [1.29, 1.82) is 0 Å². The molecule has 0 amide bonds. The van der Waals surface area contributed by atoms with Gasteiger partial charge in [0.15, 0.2) is 0 Å². The zero-order valence-corrected chi connectivity index (χ0v) is 12.5. The highest BCUT2D eigenvalue weighted by molar-refractivity contribution is 7.99. The van der Waals surface area contributed by atoms with E-state index in [2.05, 4.69) is 4.90 Å². The molecule has 1 atom stereocenters. The van der Waals surface area contributed by atoms with Crippen LogP contribution in [-0.2, 0) is 0 Å². The predicted octanol–water partition coefficient (Wildman–Crippen LogP) is 2.98. The van der Waals surface area contributed by atoms with Gasteiger partial charge in [-0.05, 0) is 37.2 Å². The summed E-state index contributed by atoms with van der Waals surface area (Å²) in [5, 5.41) is 0. The van der Waals surface area contributed by atoms with Crippen LogP contribution in [0.2, 0.25) is 0 Å². The van der Waals surface area contributed by atoms with Crippen molar-refractivity contribution in [1.82, 2.24) is 4.90 Å². The number of rotatable bonds is 6. The van der Waals surface area contributed by atoms with Crippen LogP contribution < -0.4 is 5.73 Å². The van der Waals surface area contributed by atoms with Gasteiger partial charge in [-0.25, -0.2) is 13.2 Å². The Labute approximate surface area is 126 Å². The van der Waals surface area contributed by atoms with Gasteiger partial charge in [0.2, 0.25) is 0 Å². The summed E-state index contributed by atoms with van der Waals surface area (Å²) in [4.78, 5) is 3.05. The molecule has 1 aliphatic heterocycles. The van der Waals surface area contributed by atoms with Crippen LogP contribution in [0.5, 0.6) is 0 Å². The molecule has 116 valence electrons. The van der Waals surface area contributed by atoms with Crippen molar-refractivity contribution in [3.8, 4) is 0 Å². The lowest BCUT2D eigenvalue weighted by Crippen LogP contribution is -2.52. The topological polar surface area (TPSA) is 29.3 Å². The van der Waals surface area contributed by atoms with Gasteiger partial charge in [0.25, 0.3) is 5.92 Å². The minimum atomic E-state index is -2.43. The number of hydrogen-bond donors (Lipinski definition) is 1. The first-order valence-corrected chi connectivity index (χ1v) is 8.13. The highest BCUT2D eigenvalue weighted by Crippen LogP contribution is 2.65. The van der Waals surface area contributed by atoms with E-state index in [0.29, 0.717) is 13.1 Å². The molecule has 0 aromatic heterocycles. The Balaban J connectivity index is 1.32. The SMILES string of the molecule is N[C@H](CCN1CC2(C1)CC2(F)F)CSc1ccc(F)cc1. The average Bonchev–Trinajstić information content (AvgIpc) is 2.97. The highest BCUT2D eigenvalue weighted by atomic mass is 32.2. The zero-order valence-electron chi connectivity index (χ0n) is 11.7. The van der Waals surface area contributed by atoms with Crippen LogP contribution in [0.1, 0.15) is 12.8 Å². The van der Waals surface area contributed by atoms with E-state index in [1.54, 1.807) is 23.9 Å². The number of halogens is 3. The molecular weight excluding hydrogens is 297 g/mol. The molecular formula is C15H19F3N2S. The first-order valence-electron chi connectivity index (χ1n) is 7.14. The lowest BCUT2D eigenvalue weighted by molar-refractivity contribution is -0.0246. The van der Waals surface area contributed by atoms with Gasteiger partial charge >= 0.3 is 0 Å². The van der Waals surface area contributed by atoms with Crippen molar-refractivity contribution >= 4 is 11.8 Å². The third-order valence-electron chi connectivity index (χ3n) is 4.36. The maximum absolute atomic E-state index is 13.1. The first-order chi connectivity index (χ1) is 9.90. The predicted molar refractivity (Wildman–Crippen MR) is 78.2 cm³/mol. The molecule has 1 aromatic carbocycles. The number of nitrogens with zero attached hydrogens (tertiary/aromatic N) is 1. The van der Waals surface area contributed by atoms with E-state index in [1.165, 1.54) is 12.1 Å². The van der Waals surface area contributed by atoms with E-state index in [0.717, 1.165) is 23.6 Å². The molecule has 3 rings (SSSR count). The van der Waals surface area contributed by atoms with E-state index in [9.17, 15) is 13.2 Å². The third kappa shape index (κ3) is 3.22. The van der Waals surface area contributed by atoms with E-state index < -0.39 is 11.3 Å². The molecule has 0 radical (unpaired) electrons. The molecule has 1 saturated heterocycles. The smallest absolute Gasteiger partial charge is 0.257 e. The number of likely N-dealkylation sites (tertiary alicyclic amines) is 1. The molecule has 21 heavy (non-hydrogen) atoms. The molecule has 2 fully saturated rings. The molecule has 2 aliphatic rings. The Morgan fingerprint density at radius 3 is 2.43 bits per heavy atom. The quantitative estimate of drug-likeness (QED) is 0.818. The molecule has 1 aromatic rings. The zero-order chi connectivity index (χ0) is 15.1. The summed E-state index contributed by atoms with van der Waals surface area (Å²) < 4.78 is 38.9. The van der Waals surface area contributed by atoms with Gasteiger partial charge in [0, 0.05) is 36.2 Å². The van der Waals surface area contributed by atoms with Crippen molar-refractivity contribution in [3.05, 3.63) is 30.1 Å². The Morgan fingerprint density at radius 2 is 1.86 bits per heavy atom. The number of hydrogen-bond acceptors (Lipinski definition) is 3. The lowest BCUT2D eigenvalue weighted by Gasteiger charge is -2.40. The van der Waals surface area contributed by atoms with Crippen molar-refractivity contribution in [3.63, 3.8) is 0 Å². The highest BCUT2D eigenvalue weighted by Gasteiger charge is 2.75. The first kappa shape index (κ1) is 15.2. The van der Waals surface area contributed by atoms with Crippen molar-refractivity contribution in [2.45, 2.75) is 29.7 Å². The molecule has 0 unspecified atom stereocenters. The number of alkyl halides is 2. The second kappa shape index (κ2) is 5.48. The summed E-state index contributed by atoms with van der Waals surface area (Å²) in [7, 11) is 0. The van der Waals surface area contributed by atoms with Gasteiger partial charge in [0.05, 0.1) is 5.41 Å². The van der Waals surface area contributed by atoms with Crippen LogP contribution in [0.15, 0.2) is 29.2 Å². The van der Waals surface area contributed by atoms with Crippen molar-refractivity contribution in [2.75, 3.05) is 25.4 Å². The number of benzene rings is 1. The van der Waals surface area contributed by atoms with Crippen LogP contribution in [0, 0.1) is 11.2 Å². The van der Waals surface area contributed by atoms with Gasteiger partial charge in [-0.2, -0.15) is 0 Å². The van der Waals surface area contributed by atoms with Crippen LogP contribution in [0.25, 0.3) is 0 Å². The van der Waals surface area contributed by atoms with Crippen molar-refractivity contribution in [2.24, 2.45) is 11.1 Å². The molecule has 2 nitrogen and oxygen atoms in total. The summed E-state index contributed by atoms with van der Waals surface area (Å²) in [6.07, 6.45) is 0.860. The van der Waals surface area contributed by atoms with E-state index in [-0.39, 0.29) is 18.3 Å². The fourth-order valence-corrected chi connectivity index (χ4v) is 3.76. The van der Waals surface area contributed by atoms with E-state index in [4.69, 9.17) is 5.73 Å². The minimum Gasteiger partial charge on any atom is -0.327 e. The van der Waals surface area contributed by atoms with E-state index in [1.807, 2.05) is 0 Å². The largest absolute Gasteiger partial charge is 0.327 e. The third-order valence-corrected chi connectivity index (χ3v) is 5.56. The normalized spacial score (nSPS) is 23.8. The fraction of sp³-hybridized carbons (Fsp3) is 0.600. The number of thioether (sulfide) groups is 1. The van der Waals surface area contributed by atoms with Crippen LogP contribution in [-0.4, -0.2) is 42.3 Å². The number of nitrogens with two attached hydrogens (primary N) is 1. The Hall–Kier alpha value is -0.720. The summed E-state index contributed by atoms with van der Waals surface area (Å²) in [5.41, 5.74) is 5.35. The van der Waals surface area contributed by atoms with Crippen LogP contribution in [0.4, 0.5) is 13.2 Å². The van der Waals surface area contributed by atoms with Gasteiger partial charge in [-0.1, -0.05) is 0 Å². The van der Waals surface area contributed by atoms with Gasteiger partial charge in [-0.3, -0.25) is 0 Å². The summed E-state index contributed by atoms with van der Waals surface area (Å²) in [6, 6.07) is 6.37. The van der Waals surface area contributed by atoms with Gasteiger partial charge in [-0.15, -0.1) is 11.8 Å². The van der Waals surface area contributed by atoms with Crippen LogP contribution in [0.3, 0.4) is 0 Å². The Morgan fingerprint density at radius 1 is 1.24 bits per heavy atom. The lowest BCUT2D eigenvalue weighted by atomic mass is 9.95. The molecule has 1 aliphatic carbocycles. The second-order valence-corrected chi connectivity index (χ2v) is 7.28. The molecule has 1 heterocycles. The fourth-order valence-electron chi connectivity index (χ4n) is 2.86. The molecule has 1 saturated carbocycles. The maximum Gasteiger partial charge on any atom is 0.257 e. The van der Waals surface area contributed by atoms with Gasteiger partial charge in [0.1, 0.15) is 5.82 Å². The Kier molecular flexibility index (Phi) is 3.96. The second-order valence-electron chi connectivity index (χ2n) is 6.19. The van der Waals surface area contributed by atoms with Crippen LogP contribution >= 0.6 is 11.8 Å². The standard InChI is InChI=1S/C15H19F3N2S/c16-11-1-3-13(4-2-11)21-7-12(19)5-6-20-9-14(10-20)8-15(14,17)18/h1-4,12H,5-10,19H2/t12-/m1/s1. The molecule has 0 bridgehead atoms. The maximum atomic E-state index is 13.1. The monoisotopic (exact) mass is 316 g/mol. The Bertz CT molecular complexity index is 500. The minimum absolute atomic E-state index is 0.0244. The molecule has 1 spiro atoms. The van der Waals surface area contributed by atoms with Crippen molar-refractivity contribution < 1.29 is 13.2 Å². The average molecular weight is 316 g/mol.